The Balaban J connectivity index is 2.63. The Bertz CT molecular complexity index is 150. The maximum absolute atomic E-state index is 9.22. The van der Waals surface area contributed by atoms with Crippen molar-refractivity contribution in [3.8, 4) is 0 Å². The highest BCUT2D eigenvalue weighted by atomic mass is 16.7. The minimum absolute atomic E-state index is 0.853. The van der Waals surface area contributed by atoms with Gasteiger partial charge in [-0.25, -0.2) is 0 Å². The molecule has 1 saturated heterocycles. The molecule has 5 N–H and O–H groups in total. The van der Waals surface area contributed by atoms with Crippen LogP contribution in [-0.2, 0) is 9.47 Å². The fraction of sp³-hybridized carbons (Fsp3) is 1.00. The number of rotatable bonds is 1. The smallest absolute Gasteiger partial charge is 0.186 e. The lowest BCUT2D eigenvalue weighted by Gasteiger charge is -2.37. The van der Waals surface area contributed by atoms with E-state index in [1.54, 1.807) is 0 Å². The zero-order valence-corrected chi connectivity index (χ0v) is 6.62. The summed E-state index contributed by atoms with van der Waals surface area (Å²) >= 11 is 0. The van der Waals surface area contributed by atoms with Crippen molar-refractivity contribution >= 4 is 0 Å². The SMILES string of the molecule is COC1OC(O)C(O)C(O)C1N. The van der Waals surface area contributed by atoms with Gasteiger partial charge in [-0.3, -0.25) is 0 Å². The Hall–Kier alpha value is -0.240. The molecule has 1 rings (SSSR count). The van der Waals surface area contributed by atoms with E-state index in [0.717, 1.165) is 0 Å². The predicted molar refractivity (Wildman–Crippen MR) is 37.9 cm³/mol. The first kappa shape index (κ1) is 9.85. The fourth-order valence-electron chi connectivity index (χ4n) is 1.08. The molecule has 1 fully saturated rings. The van der Waals surface area contributed by atoms with Crippen molar-refractivity contribution in [2.75, 3.05) is 7.11 Å². The van der Waals surface area contributed by atoms with Crippen LogP contribution in [0.5, 0.6) is 0 Å². The van der Waals surface area contributed by atoms with Crippen molar-refractivity contribution in [2.45, 2.75) is 30.8 Å². The molecule has 1 aliphatic rings. The molecule has 0 aliphatic carbocycles. The molecule has 5 unspecified atom stereocenters. The second-order valence-corrected chi connectivity index (χ2v) is 2.69. The van der Waals surface area contributed by atoms with Gasteiger partial charge >= 0.3 is 0 Å². The largest absolute Gasteiger partial charge is 0.388 e. The van der Waals surface area contributed by atoms with E-state index in [0.29, 0.717) is 0 Å². The first-order valence-corrected chi connectivity index (χ1v) is 3.56. The monoisotopic (exact) mass is 179 g/mol. The van der Waals surface area contributed by atoms with Crippen LogP contribution in [-0.4, -0.2) is 53.3 Å². The first-order valence-electron chi connectivity index (χ1n) is 3.56. The van der Waals surface area contributed by atoms with Gasteiger partial charge in [-0.1, -0.05) is 0 Å². The summed E-state index contributed by atoms with van der Waals surface area (Å²) in [7, 11) is 1.33. The van der Waals surface area contributed by atoms with Crippen LogP contribution in [0.15, 0.2) is 0 Å². The minimum atomic E-state index is -1.45. The maximum Gasteiger partial charge on any atom is 0.186 e. The summed E-state index contributed by atoms with van der Waals surface area (Å²) < 4.78 is 9.44. The Kier molecular flexibility index (Phi) is 2.99. The number of aliphatic hydroxyl groups is 3. The Morgan fingerprint density at radius 1 is 1.25 bits per heavy atom. The third-order valence-corrected chi connectivity index (χ3v) is 1.86. The third-order valence-electron chi connectivity index (χ3n) is 1.86. The first-order chi connectivity index (χ1) is 5.57. The van der Waals surface area contributed by atoms with Gasteiger partial charge in [0.25, 0.3) is 0 Å². The molecule has 12 heavy (non-hydrogen) atoms. The molecule has 5 atom stereocenters. The van der Waals surface area contributed by atoms with Crippen LogP contribution >= 0.6 is 0 Å². The molecule has 0 aromatic carbocycles. The number of hydrogen-bond acceptors (Lipinski definition) is 6. The highest BCUT2D eigenvalue weighted by molar-refractivity contribution is 4.87. The normalized spacial score (nSPS) is 49.2. The molecule has 0 radical (unpaired) electrons. The summed E-state index contributed by atoms with van der Waals surface area (Å²) in [6.45, 7) is 0. The molecule has 6 heteroatoms. The van der Waals surface area contributed by atoms with Gasteiger partial charge in [-0.15, -0.1) is 0 Å². The van der Waals surface area contributed by atoms with E-state index in [-0.39, 0.29) is 0 Å². The molecule has 0 amide bonds. The molecule has 1 heterocycles. The van der Waals surface area contributed by atoms with E-state index in [1.807, 2.05) is 0 Å². The van der Waals surface area contributed by atoms with Crippen molar-refractivity contribution in [2.24, 2.45) is 5.73 Å². The molecular weight excluding hydrogens is 166 g/mol. The summed E-state index contributed by atoms with van der Waals surface area (Å²) in [6, 6.07) is -0.853. The lowest BCUT2D eigenvalue weighted by Crippen LogP contribution is -2.61. The standard InChI is InChI=1S/C6H13NO5/c1-11-6-2(7)3(8)4(9)5(10)12-6/h2-6,8-10H,7H2,1H3. The number of aliphatic hydroxyl groups excluding tert-OH is 3. The highest BCUT2D eigenvalue weighted by Crippen LogP contribution is 2.18. The van der Waals surface area contributed by atoms with Gasteiger partial charge in [0.05, 0.1) is 6.04 Å². The van der Waals surface area contributed by atoms with E-state index in [1.165, 1.54) is 7.11 Å². The van der Waals surface area contributed by atoms with Crippen molar-refractivity contribution in [1.82, 2.24) is 0 Å². The molecule has 0 bridgehead atoms. The maximum atomic E-state index is 9.22. The lowest BCUT2D eigenvalue weighted by atomic mass is 10.0. The minimum Gasteiger partial charge on any atom is -0.388 e. The van der Waals surface area contributed by atoms with Gasteiger partial charge < -0.3 is 30.5 Å². The zero-order valence-electron chi connectivity index (χ0n) is 6.62. The van der Waals surface area contributed by atoms with Crippen LogP contribution in [0.2, 0.25) is 0 Å². The molecule has 1 aliphatic heterocycles. The third kappa shape index (κ3) is 1.58. The van der Waals surface area contributed by atoms with E-state index in [2.05, 4.69) is 0 Å². The van der Waals surface area contributed by atoms with Crippen LogP contribution in [0.3, 0.4) is 0 Å². The lowest BCUT2D eigenvalue weighted by molar-refractivity contribution is -0.306. The van der Waals surface area contributed by atoms with Gasteiger partial charge in [0.1, 0.15) is 12.2 Å². The summed E-state index contributed by atoms with van der Waals surface area (Å²) in [5.41, 5.74) is 5.41. The summed E-state index contributed by atoms with van der Waals surface area (Å²) in [5, 5.41) is 27.3. The average molecular weight is 179 g/mol. The van der Waals surface area contributed by atoms with Gasteiger partial charge in [0.15, 0.2) is 12.6 Å². The van der Waals surface area contributed by atoms with E-state index in [9.17, 15) is 5.11 Å². The fourth-order valence-corrected chi connectivity index (χ4v) is 1.08. The van der Waals surface area contributed by atoms with E-state index in [4.69, 9.17) is 25.4 Å². The number of methoxy groups -OCH3 is 1. The van der Waals surface area contributed by atoms with Gasteiger partial charge in [0.2, 0.25) is 0 Å². The average Bonchev–Trinajstić information content (AvgIpc) is 2.08. The van der Waals surface area contributed by atoms with Crippen molar-refractivity contribution in [1.29, 1.82) is 0 Å². The number of ether oxygens (including phenoxy) is 2. The quantitative estimate of drug-likeness (QED) is 0.350. The van der Waals surface area contributed by atoms with Crippen molar-refractivity contribution < 1.29 is 24.8 Å². The molecule has 72 valence electrons. The summed E-state index contributed by atoms with van der Waals surface area (Å²) in [4.78, 5) is 0. The Morgan fingerprint density at radius 2 is 1.83 bits per heavy atom. The molecular formula is C6H13NO5. The van der Waals surface area contributed by atoms with Gasteiger partial charge in [-0.2, -0.15) is 0 Å². The zero-order chi connectivity index (χ0) is 9.30. The Labute approximate surface area is 69.5 Å². The van der Waals surface area contributed by atoms with Crippen LogP contribution < -0.4 is 5.73 Å². The van der Waals surface area contributed by atoms with Crippen LogP contribution in [0.25, 0.3) is 0 Å². The molecule has 0 saturated carbocycles. The molecule has 0 spiro atoms. The van der Waals surface area contributed by atoms with Crippen molar-refractivity contribution in [3.63, 3.8) is 0 Å². The number of nitrogens with two attached hydrogens (primary N) is 1. The van der Waals surface area contributed by atoms with Gasteiger partial charge in [-0.05, 0) is 0 Å². The topological polar surface area (TPSA) is 105 Å². The number of hydrogen-bond donors (Lipinski definition) is 4. The van der Waals surface area contributed by atoms with Crippen LogP contribution in [0.1, 0.15) is 0 Å². The predicted octanol–water partition coefficient (Wildman–Crippen LogP) is -2.64. The van der Waals surface area contributed by atoms with E-state index >= 15 is 0 Å². The van der Waals surface area contributed by atoms with Crippen LogP contribution in [0, 0.1) is 0 Å². The Morgan fingerprint density at radius 3 is 2.33 bits per heavy atom. The molecule has 0 aromatic heterocycles. The summed E-state index contributed by atoms with van der Waals surface area (Å²) in [5.74, 6) is 0. The van der Waals surface area contributed by atoms with Crippen LogP contribution in [0.4, 0.5) is 0 Å². The van der Waals surface area contributed by atoms with Gasteiger partial charge in [0, 0.05) is 7.11 Å². The van der Waals surface area contributed by atoms with E-state index < -0.39 is 30.8 Å². The molecule has 0 aromatic rings. The molecule has 6 nitrogen and oxygen atoms in total. The second kappa shape index (κ2) is 3.65. The second-order valence-electron chi connectivity index (χ2n) is 2.69. The highest BCUT2D eigenvalue weighted by Gasteiger charge is 2.41. The van der Waals surface area contributed by atoms with Crippen molar-refractivity contribution in [3.05, 3.63) is 0 Å². The summed E-state index contributed by atoms with van der Waals surface area (Å²) in [6.07, 6.45) is -4.96.